The number of rotatable bonds is 2. The molecule has 0 saturated carbocycles. The van der Waals surface area contributed by atoms with Gasteiger partial charge in [-0.25, -0.2) is 0 Å². The molecule has 3 aromatic carbocycles. The van der Waals surface area contributed by atoms with Crippen molar-refractivity contribution in [3.8, 4) is 11.5 Å². The van der Waals surface area contributed by atoms with Gasteiger partial charge in [0.15, 0.2) is 11.5 Å². The molecular weight excluding hydrogens is 270 g/mol. The van der Waals surface area contributed by atoms with Gasteiger partial charge in [-0.1, -0.05) is 43.3 Å². The van der Waals surface area contributed by atoms with Crippen LogP contribution in [0, 0.1) is 0 Å². The number of hydrogen-bond donors (Lipinski definition) is 0. The second kappa shape index (κ2) is 5.23. The standard InChI is InChI=1S/C20H17NO/c1-2-15-8-7-9-16(14-15)21-17-10-3-5-12-19(17)22-20-13-6-4-11-18(20)21/h3-14H,2H2,1H3. The Balaban J connectivity index is 1.94. The summed E-state index contributed by atoms with van der Waals surface area (Å²) in [4.78, 5) is 2.27. The molecule has 2 heteroatoms. The van der Waals surface area contributed by atoms with Crippen molar-refractivity contribution < 1.29 is 4.74 Å². The maximum absolute atomic E-state index is 6.04. The average Bonchev–Trinajstić information content (AvgIpc) is 2.59. The van der Waals surface area contributed by atoms with Gasteiger partial charge in [-0.2, -0.15) is 0 Å². The number of anilines is 3. The zero-order chi connectivity index (χ0) is 14.9. The zero-order valence-corrected chi connectivity index (χ0v) is 12.5. The van der Waals surface area contributed by atoms with Crippen LogP contribution < -0.4 is 9.64 Å². The molecule has 0 unspecified atom stereocenters. The Bertz CT molecular complexity index is 780. The minimum absolute atomic E-state index is 0.892. The zero-order valence-electron chi connectivity index (χ0n) is 12.5. The van der Waals surface area contributed by atoms with Crippen LogP contribution in [-0.2, 0) is 6.42 Å². The minimum Gasteiger partial charge on any atom is -0.453 e. The van der Waals surface area contributed by atoms with Crippen molar-refractivity contribution in [3.05, 3.63) is 78.4 Å². The molecule has 0 N–H and O–H groups in total. The van der Waals surface area contributed by atoms with Crippen molar-refractivity contribution in [3.63, 3.8) is 0 Å². The van der Waals surface area contributed by atoms with Gasteiger partial charge in [0.2, 0.25) is 0 Å². The number of ether oxygens (including phenoxy) is 1. The van der Waals surface area contributed by atoms with E-state index in [0.717, 1.165) is 29.3 Å². The van der Waals surface area contributed by atoms with Gasteiger partial charge in [-0.15, -0.1) is 0 Å². The molecule has 0 aromatic heterocycles. The first-order valence-electron chi connectivity index (χ1n) is 7.62. The lowest BCUT2D eigenvalue weighted by atomic mass is 10.1. The molecule has 2 nitrogen and oxygen atoms in total. The molecule has 0 atom stereocenters. The van der Waals surface area contributed by atoms with Crippen LogP contribution in [0.2, 0.25) is 0 Å². The monoisotopic (exact) mass is 287 g/mol. The van der Waals surface area contributed by atoms with E-state index >= 15 is 0 Å². The Morgan fingerprint density at radius 3 is 2.05 bits per heavy atom. The van der Waals surface area contributed by atoms with Crippen LogP contribution >= 0.6 is 0 Å². The molecule has 0 fully saturated rings. The summed E-state index contributed by atoms with van der Waals surface area (Å²) < 4.78 is 6.04. The Morgan fingerprint density at radius 1 is 0.773 bits per heavy atom. The average molecular weight is 287 g/mol. The van der Waals surface area contributed by atoms with Crippen LogP contribution in [0.4, 0.5) is 17.1 Å². The predicted molar refractivity (Wildman–Crippen MR) is 90.6 cm³/mol. The lowest BCUT2D eigenvalue weighted by molar-refractivity contribution is 0.477. The summed E-state index contributed by atoms with van der Waals surface area (Å²) in [5.41, 5.74) is 4.66. The Hall–Kier alpha value is -2.74. The summed E-state index contributed by atoms with van der Waals surface area (Å²) >= 11 is 0. The highest BCUT2D eigenvalue weighted by Gasteiger charge is 2.24. The van der Waals surface area contributed by atoms with Gasteiger partial charge >= 0.3 is 0 Å². The lowest BCUT2D eigenvalue weighted by Crippen LogP contribution is -2.15. The normalized spacial score (nSPS) is 12.3. The molecule has 1 aliphatic heterocycles. The van der Waals surface area contributed by atoms with E-state index in [0.29, 0.717) is 0 Å². The molecular formula is C20H17NO. The SMILES string of the molecule is CCc1cccc(N2c3ccccc3Oc3ccccc32)c1. The largest absolute Gasteiger partial charge is 0.453 e. The maximum Gasteiger partial charge on any atom is 0.151 e. The first kappa shape index (κ1) is 13.0. The van der Waals surface area contributed by atoms with E-state index in [1.807, 2.05) is 36.4 Å². The summed E-state index contributed by atoms with van der Waals surface area (Å²) in [6.45, 7) is 2.18. The number of para-hydroxylation sites is 4. The third-order valence-corrected chi connectivity index (χ3v) is 4.01. The molecule has 0 amide bonds. The van der Waals surface area contributed by atoms with E-state index in [4.69, 9.17) is 4.74 Å². The van der Waals surface area contributed by atoms with Crippen LogP contribution in [0.25, 0.3) is 0 Å². The highest BCUT2D eigenvalue weighted by molar-refractivity contribution is 5.86. The second-order valence-electron chi connectivity index (χ2n) is 5.40. The van der Waals surface area contributed by atoms with E-state index < -0.39 is 0 Å². The lowest BCUT2D eigenvalue weighted by Gasteiger charge is -2.32. The number of aryl methyl sites for hydroxylation is 1. The molecule has 0 radical (unpaired) electrons. The molecule has 0 bridgehead atoms. The summed E-state index contributed by atoms with van der Waals surface area (Å²) in [5.74, 6) is 1.78. The number of fused-ring (bicyclic) bond motifs is 2. The molecule has 1 heterocycles. The van der Waals surface area contributed by atoms with E-state index in [1.54, 1.807) is 0 Å². The van der Waals surface area contributed by atoms with Crippen molar-refractivity contribution in [1.29, 1.82) is 0 Å². The maximum atomic E-state index is 6.04. The summed E-state index contributed by atoms with van der Waals surface area (Å²) in [5, 5.41) is 0. The number of benzene rings is 3. The van der Waals surface area contributed by atoms with Gasteiger partial charge < -0.3 is 9.64 Å². The molecule has 3 aromatic rings. The first-order valence-corrected chi connectivity index (χ1v) is 7.62. The van der Waals surface area contributed by atoms with Crippen LogP contribution in [0.3, 0.4) is 0 Å². The van der Waals surface area contributed by atoms with Gasteiger partial charge in [0.25, 0.3) is 0 Å². The number of nitrogens with zero attached hydrogens (tertiary/aromatic N) is 1. The highest BCUT2D eigenvalue weighted by Crippen LogP contribution is 2.49. The topological polar surface area (TPSA) is 12.5 Å². The van der Waals surface area contributed by atoms with Crippen LogP contribution in [-0.4, -0.2) is 0 Å². The molecule has 0 aliphatic carbocycles. The molecule has 108 valence electrons. The fraction of sp³-hybridized carbons (Fsp3) is 0.100. The van der Waals surface area contributed by atoms with Gasteiger partial charge in [0.1, 0.15) is 0 Å². The van der Waals surface area contributed by atoms with E-state index in [9.17, 15) is 0 Å². The molecule has 0 saturated heterocycles. The summed E-state index contributed by atoms with van der Waals surface area (Å²) in [7, 11) is 0. The van der Waals surface area contributed by atoms with Crippen LogP contribution in [0.15, 0.2) is 72.8 Å². The third kappa shape index (κ3) is 2.04. The van der Waals surface area contributed by atoms with Crippen molar-refractivity contribution in [2.75, 3.05) is 4.90 Å². The van der Waals surface area contributed by atoms with E-state index in [2.05, 4.69) is 48.2 Å². The molecule has 22 heavy (non-hydrogen) atoms. The van der Waals surface area contributed by atoms with Crippen LogP contribution in [0.5, 0.6) is 11.5 Å². The molecule has 4 rings (SSSR count). The number of hydrogen-bond acceptors (Lipinski definition) is 2. The van der Waals surface area contributed by atoms with Crippen molar-refractivity contribution in [2.45, 2.75) is 13.3 Å². The van der Waals surface area contributed by atoms with Gasteiger partial charge in [0.05, 0.1) is 11.4 Å². The predicted octanol–water partition coefficient (Wildman–Crippen LogP) is 5.82. The molecule has 1 aliphatic rings. The summed E-state index contributed by atoms with van der Waals surface area (Å²) in [6, 6.07) is 25.0. The van der Waals surface area contributed by atoms with Crippen molar-refractivity contribution >= 4 is 17.1 Å². The Kier molecular flexibility index (Phi) is 3.08. The van der Waals surface area contributed by atoms with Gasteiger partial charge in [0, 0.05) is 5.69 Å². The van der Waals surface area contributed by atoms with E-state index in [-0.39, 0.29) is 0 Å². The third-order valence-electron chi connectivity index (χ3n) is 4.01. The molecule has 0 spiro atoms. The fourth-order valence-electron chi connectivity index (χ4n) is 2.90. The smallest absolute Gasteiger partial charge is 0.151 e. The highest BCUT2D eigenvalue weighted by atomic mass is 16.5. The summed E-state index contributed by atoms with van der Waals surface area (Å²) in [6.07, 6.45) is 1.03. The van der Waals surface area contributed by atoms with Crippen LogP contribution in [0.1, 0.15) is 12.5 Å². The van der Waals surface area contributed by atoms with Gasteiger partial charge in [-0.05, 0) is 48.4 Å². The quantitative estimate of drug-likeness (QED) is 0.460. The second-order valence-corrected chi connectivity index (χ2v) is 5.40. The van der Waals surface area contributed by atoms with E-state index in [1.165, 1.54) is 11.3 Å². The fourth-order valence-corrected chi connectivity index (χ4v) is 2.90. The Morgan fingerprint density at radius 2 is 1.41 bits per heavy atom. The Labute approximate surface area is 130 Å². The van der Waals surface area contributed by atoms with Crippen molar-refractivity contribution in [2.24, 2.45) is 0 Å². The van der Waals surface area contributed by atoms with Crippen molar-refractivity contribution in [1.82, 2.24) is 0 Å². The minimum atomic E-state index is 0.892. The van der Waals surface area contributed by atoms with Gasteiger partial charge in [-0.3, -0.25) is 0 Å². The first-order chi connectivity index (χ1) is 10.9.